The van der Waals surface area contributed by atoms with Crippen molar-refractivity contribution < 1.29 is 9.32 Å². The first-order chi connectivity index (χ1) is 9.08. The van der Waals surface area contributed by atoms with Crippen molar-refractivity contribution in [2.24, 2.45) is 5.92 Å². The molecule has 6 heteroatoms. The highest BCUT2D eigenvalue weighted by molar-refractivity contribution is 5.73. The van der Waals surface area contributed by atoms with Crippen molar-refractivity contribution in [3.63, 3.8) is 0 Å². The van der Waals surface area contributed by atoms with E-state index in [1.807, 2.05) is 19.9 Å². The summed E-state index contributed by atoms with van der Waals surface area (Å²) < 4.78 is 5.24. The largest absolute Gasteiger partial charge is 0.344 e. The Hall–Kier alpha value is -2.24. The number of hydrogen-bond donors (Lipinski definition) is 1. The van der Waals surface area contributed by atoms with Crippen LogP contribution in [0.1, 0.15) is 32.7 Å². The SMILES string of the molecule is CC(=O)N[C@@H](c1nc(-c2cccnc2)no1)C(C)C. The lowest BCUT2D eigenvalue weighted by Gasteiger charge is -2.16. The molecular weight excluding hydrogens is 244 g/mol. The second-order valence-corrected chi connectivity index (χ2v) is 4.62. The van der Waals surface area contributed by atoms with Gasteiger partial charge in [0.15, 0.2) is 0 Å². The van der Waals surface area contributed by atoms with Gasteiger partial charge in [-0.1, -0.05) is 19.0 Å². The van der Waals surface area contributed by atoms with Crippen LogP contribution in [0.5, 0.6) is 0 Å². The highest BCUT2D eigenvalue weighted by Gasteiger charge is 2.23. The van der Waals surface area contributed by atoms with Gasteiger partial charge < -0.3 is 9.84 Å². The van der Waals surface area contributed by atoms with Gasteiger partial charge in [0.1, 0.15) is 6.04 Å². The van der Waals surface area contributed by atoms with Crippen molar-refractivity contribution in [2.45, 2.75) is 26.8 Å². The highest BCUT2D eigenvalue weighted by Crippen LogP contribution is 2.22. The predicted octanol–water partition coefficient (Wildman–Crippen LogP) is 1.96. The number of aromatic nitrogens is 3. The van der Waals surface area contributed by atoms with E-state index in [-0.39, 0.29) is 17.9 Å². The lowest BCUT2D eigenvalue weighted by Crippen LogP contribution is -2.29. The van der Waals surface area contributed by atoms with Gasteiger partial charge in [0.2, 0.25) is 17.6 Å². The minimum atomic E-state index is -0.282. The van der Waals surface area contributed by atoms with Crippen LogP contribution in [0.15, 0.2) is 29.0 Å². The zero-order chi connectivity index (χ0) is 13.8. The van der Waals surface area contributed by atoms with E-state index < -0.39 is 0 Å². The van der Waals surface area contributed by atoms with E-state index in [9.17, 15) is 4.79 Å². The highest BCUT2D eigenvalue weighted by atomic mass is 16.5. The van der Waals surface area contributed by atoms with Gasteiger partial charge >= 0.3 is 0 Å². The third-order valence-corrected chi connectivity index (χ3v) is 2.65. The van der Waals surface area contributed by atoms with Crippen molar-refractivity contribution in [1.29, 1.82) is 0 Å². The summed E-state index contributed by atoms with van der Waals surface area (Å²) in [4.78, 5) is 19.5. The maximum absolute atomic E-state index is 11.2. The fourth-order valence-corrected chi connectivity index (χ4v) is 1.71. The third-order valence-electron chi connectivity index (χ3n) is 2.65. The molecule has 1 N–H and O–H groups in total. The summed E-state index contributed by atoms with van der Waals surface area (Å²) in [6.07, 6.45) is 3.34. The van der Waals surface area contributed by atoms with Gasteiger partial charge in [0, 0.05) is 24.9 Å². The molecule has 1 amide bonds. The van der Waals surface area contributed by atoms with Gasteiger partial charge in [-0.3, -0.25) is 9.78 Å². The maximum atomic E-state index is 11.2. The van der Waals surface area contributed by atoms with Crippen LogP contribution in [0.4, 0.5) is 0 Å². The Morgan fingerprint density at radius 1 is 1.42 bits per heavy atom. The Labute approximate surface area is 111 Å². The minimum Gasteiger partial charge on any atom is -0.344 e. The molecule has 0 saturated carbocycles. The van der Waals surface area contributed by atoms with Crippen molar-refractivity contribution in [3.05, 3.63) is 30.4 Å². The number of nitrogens with zero attached hydrogens (tertiary/aromatic N) is 3. The van der Waals surface area contributed by atoms with E-state index in [4.69, 9.17) is 4.52 Å². The second kappa shape index (κ2) is 5.60. The van der Waals surface area contributed by atoms with E-state index in [1.54, 1.807) is 18.5 Å². The first kappa shape index (κ1) is 13.2. The van der Waals surface area contributed by atoms with E-state index in [0.717, 1.165) is 5.56 Å². The molecule has 0 bridgehead atoms. The first-order valence-corrected chi connectivity index (χ1v) is 6.09. The average Bonchev–Trinajstić information content (AvgIpc) is 2.86. The van der Waals surface area contributed by atoms with Gasteiger partial charge in [-0.25, -0.2) is 0 Å². The van der Waals surface area contributed by atoms with E-state index >= 15 is 0 Å². The van der Waals surface area contributed by atoms with E-state index in [1.165, 1.54) is 6.92 Å². The molecular formula is C13H16N4O2. The van der Waals surface area contributed by atoms with Crippen LogP contribution in [-0.4, -0.2) is 21.0 Å². The average molecular weight is 260 g/mol. The van der Waals surface area contributed by atoms with Gasteiger partial charge in [0.05, 0.1) is 0 Å². The zero-order valence-corrected chi connectivity index (χ0v) is 11.1. The van der Waals surface area contributed by atoms with Crippen molar-refractivity contribution >= 4 is 5.91 Å². The molecule has 0 fully saturated rings. The number of rotatable bonds is 4. The number of hydrogen-bond acceptors (Lipinski definition) is 5. The van der Waals surface area contributed by atoms with Gasteiger partial charge in [-0.2, -0.15) is 4.98 Å². The molecule has 2 aromatic rings. The lowest BCUT2D eigenvalue weighted by atomic mass is 10.0. The minimum absolute atomic E-state index is 0.125. The molecule has 0 spiro atoms. The first-order valence-electron chi connectivity index (χ1n) is 6.09. The van der Waals surface area contributed by atoms with Crippen LogP contribution < -0.4 is 5.32 Å². The predicted molar refractivity (Wildman–Crippen MR) is 68.9 cm³/mol. The number of pyridine rings is 1. The standard InChI is InChI=1S/C13H16N4O2/c1-8(2)11(15-9(3)18)13-16-12(17-19-13)10-5-4-6-14-7-10/h4-8,11H,1-3H3,(H,15,18)/t11-/m1/s1. The van der Waals surface area contributed by atoms with Crippen LogP contribution in [-0.2, 0) is 4.79 Å². The summed E-state index contributed by atoms with van der Waals surface area (Å²) >= 11 is 0. The molecule has 0 aliphatic rings. The molecule has 0 saturated heterocycles. The van der Waals surface area contributed by atoms with Gasteiger partial charge in [-0.05, 0) is 18.1 Å². The van der Waals surface area contributed by atoms with E-state index in [0.29, 0.717) is 11.7 Å². The molecule has 0 aromatic carbocycles. The Morgan fingerprint density at radius 2 is 2.21 bits per heavy atom. The summed E-state index contributed by atoms with van der Waals surface area (Å²) in [5.74, 6) is 0.911. The fraction of sp³-hybridized carbons (Fsp3) is 0.385. The molecule has 2 aromatic heterocycles. The molecule has 6 nitrogen and oxygen atoms in total. The van der Waals surface area contributed by atoms with Crippen LogP contribution in [0.3, 0.4) is 0 Å². The molecule has 2 heterocycles. The quantitative estimate of drug-likeness (QED) is 0.908. The molecule has 0 unspecified atom stereocenters. The topological polar surface area (TPSA) is 80.9 Å². The molecule has 0 aliphatic carbocycles. The Kier molecular flexibility index (Phi) is 3.89. The molecule has 1 atom stereocenters. The maximum Gasteiger partial charge on any atom is 0.249 e. The van der Waals surface area contributed by atoms with Crippen molar-refractivity contribution in [2.75, 3.05) is 0 Å². The van der Waals surface area contributed by atoms with Gasteiger partial charge in [0.25, 0.3) is 0 Å². The summed E-state index contributed by atoms with van der Waals surface area (Å²) in [6, 6.07) is 3.37. The number of nitrogens with one attached hydrogen (secondary N) is 1. The summed E-state index contributed by atoms with van der Waals surface area (Å²) in [5.41, 5.74) is 0.780. The normalized spacial score (nSPS) is 12.4. The third kappa shape index (κ3) is 3.15. The zero-order valence-electron chi connectivity index (χ0n) is 11.1. The van der Waals surface area contributed by atoms with Gasteiger partial charge in [-0.15, -0.1) is 0 Å². The molecule has 0 radical (unpaired) electrons. The second-order valence-electron chi connectivity index (χ2n) is 4.62. The van der Waals surface area contributed by atoms with Crippen molar-refractivity contribution in [1.82, 2.24) is 20.4 Å². The Balaban J connectivity index is 2.26. The monoisotopic (exact) mass is 260 g/mol. The molecule has 100 valence electrons. The lowest BCUT2D eigenvalue weighted by molar-refractivity contribution is -0.120. The summed E-state index contributed by atoms with van der Waals surface area (Å²) in [6.45, 7) is 5.43. The Morgan fingerprint density at radius 3 is 2.79 bits per heavy atom. The van der Waals surface area contributed by atoms with Crippen LogP contribution >= 0.6 is 0 Å². The number of carbonyl (C=O) groups is 1. The molecule has 0 aliphatic heterocycles. The van der Waals surface area contributed by atoms with Crippen LogP contribution in [0, 0.1) is 5.92 Å². The van der Waals surface area contributed by atoms with Crippen molar-refractivity contribution in [3.8, 4) is 11.4 Å². The smallest absolute Gasteiger partial charge is 0.249 e. The molecule has 19 heavy (non-hydrogen) atoms. The Bertz CT molecular complexity index is 551. The number of amides is 1. The molecule has 2 rings (SSSR count). The number of carbonyl (C=O) groups excluding carboxylic acids is 1. The van der Waals surface area contributed by atoms with E-state index in [2.05, 4.69) is 20.4 Å². The summed E-state index contributed by atoms with van der Waals surface area (Å²) in [7, 11) is 0. The van der Waals surface area contributed by atoms with Crippen LogP contribution in [0.25, 0.3) is 11.4 Å². The summed E-state index contributed by atoms with van der Waals surface area (Å²) in [5, 5.41) is 6.73. The fourth-order valence-electron chi connectivity index (χ4n) is 1.71. The van der Waals surface area contributed by atoms with Crippen LogP contribution in [0.2, 0.25) is 0 Å².